The Morgan fingerprint density at radius 3 is 2.20 bits per heavy atom. The molecule has 1 nitrogen and oxygen atoms in total. The second kappa shape index (κ2) is 4.97. The molecule has 0 spiro atoms. The summed E-state index contributed by atoms with van der Waals surface area (Å²) in [4.78, 5) is 0. The first-order valence-electron chi connectivity index (χ1n) is 3.80. The molecule has 62 valence electrons. The summed E-state index contributed by atoms with van der Waals surface area (Å²) in [5, 5.41) is 0.245. The minimum absolute atomic E-state index is 0.245. The van der Waals surface area contributed by atoms with Gasteiger partial charge in [-0.05, 0) is 19.3 Å². The van der Waals surface area contributed by atoms with Crippen LogP contribution in [0, 0.1) is 5.92 Å². The van der Waals surface area contributed by atoms with E-state index in [9.17, 15) is 0 Å². The molecule has 0 radical (unpaired) electrons. The number of hydrogen-bond acceptors (Lipinski definition) is 1. The van der Waals surface area contributed by atoms with Crippen molar-refractivity contribution in [1.29, 1.82) is 0 Å². The van der Waals surface area contributed by atoms with E-state index in [0.717, 1.165) is 6.42 Å². The molecule has 0 aliphatic carbocycles. The molecule has 0 heterocycles. The fourth-order valence-electron chi connectivity index (χ4n) is 0.881. The molecule has 0 amide bonds. The Morgan fingerprint density at radius 1 is 1.40 bits per heavy atom. The van der Waals surface area contributed by atoms with Crippen LogP contribution in [0.15, 0.2) is 0 Å². The SMILES string of the molecule is CCC(Cl)C(C)C(C)OC. The zero-order chi connectivity index (χ0) is 8.15. The van der Waals surface area contributed by atoms with Crippen molar-refractivity contribution in [3.63, 3.8) is 0 Å². The Hall–Kier alpha value is 0.250. The summed E-state index contributed by atoms with van der Waals surface area (Å²) in [7, 11) is 1.72. The molecule has 0 saturated carbocycles. The highest BCUT2D eigenvalue weighted by molar-refractivity contribution is 6.20. The van der Waals surface area contributed by atoms with Gasteiger partial charge in [-0.3, -0.25) is 0 Å². The van der Waals surface area contributed by atoms with Crippen LogP contribution in [0.1, 0.15) is 27.2 Å². The molecule has 0 aliphatic heterocycles. The average molecular weight is 165 g/mol. The van der Waals surface area contributed by atoms with Gasteiger partial charge in [0, 0.05) is 12.5 Å². The van der Waals surface area contributed by atoms with Crippen molar-refractivity contribution in [2.75, 3.05) is 7.11 Å². The lowest BCUT2D eigenvalue weighted by atomic mass is 10.0. The first-order valence-corrected chi connectivity index (χ1v) is 4.24. The third-order valence-corrected chi connectivity index (χ3v) is 2.78. The van der Waals surface area contributed by atoms with E-state index < -0.39 is 0 Å². The fourth-order valence-corrected chi connectivity index (χ4v) is 1.09. The van der Waals surface area contributed by atoms with E-state index in [1.165, 1.54) is 0 Å². The van der Waals surface area contributed by atoms with E-state index in [1.807, 2.05) is 0 Å². The predicted molar refractivity (Wildman–Crippen MR) is 45.6 cm³/mol. The summed E-state index contributed by atoms with van der Waals surface area (Å²) >= 11 is 6.01. The van der Waals surface area contributed by atoms with Crippen LogP contribution in [0.2, 0.25) is 0 Å². The van der Waals surface area contributed by atoms with E-state index in [4.69, 9.17) is 16.3 Å². The second-order valence-electron chi connectivity index (χ2n) is 2.72. The van der Waals surface area contributed by atoms with Gasteiger partial charge in [-0.1, -0.05) is 13.8 Å². The standard InChI is InChI=1S/C8H17ClO/c1-5-8(9)6(2)7(3)10-4/h6-8H,5H2,1-4H3. The number of alkyl halides is 1. The zero-order valence-electron chi connectivity index (χ0n) is 7.23. The van der Waals surface area contributed by atoms with Gasteiger partial charge in [0.2, 0.25) is 0 Å². The molecule has 0 aliphatic rings. The Morgan fingerprint density at radius 2 is 1.90 bits per heavy atom. The van der Waals surface area contributed by atoms with Crippen molar-refractivity contribution in [1.82, 2.24) is 0 Å². The van der Waals surface area contributed by atoms with Crippen molar-refractivity contribution >= 4 is 11.6 Å². The molecule has 0 aromatic heterocycles. The Balaban J connectivity index is 3.69. The first kappa shape index (κ1) is 10.2. The summed E-state index contributed by atoms with van der Waals surface area (Å²) in [6.45, 7) is 6.27. The minimum Gasteiger partial charge on any atom is -0.381 e. The van der Waals surface area contributed by atoms with Crippen LogP contribution in [0.4, 0.5) is 0 Å². The summed E-state index contributed by atoms with van der Waals surface area (Å²) in [6, 6.07) is 0. The molecule has 0 aromatic carbocycles. The van der Waals surface area contributed by atoms with Gasteiger partial charge in [-0.25, -0.2) is 0 Å². The molecule has 3 unspecified atom stereocenters. The van der Waals surface area contributed by atoms with Gasteiger partial charge in [-0.2, -0.15) is 0 Å². The molecule has 3 atom stereocenters. The number of methoxy groups -OCH3 is 1. The van der Waals surface area contributed by atoms with E-state index in [1.54, 1.807) is 7.11 Å². The van der Waals surface area contributed by atoms with Crippen LogP contribution >= 0.6 is 11.6 Å². The molecular weight excluding hydrogens is 148 g/mol. The lowest BCUT2D eigenvalue weighted by Gasteiger charge is -2.21. The van der Waals surface area contributed by atoms with Crippen LogP contribution in [0.25, 0.3) is 0 Å². The predicted octanol–water partition coefficient (Wildman–Crippen LogP) is 2.67. The quantitative estimate of drug-likeness (QED) is 0.581. The largest absolute Gasteiger partial charge is 0.381 e. The van der Waals surface area contributed by atoms with Gasteiger partial charge < -0.3 is 4.74 Å². The van der Waals surface area contributed by atoms with Gasteiger partial charge in [0.25, 0.3) is 0 Å². The third kappa shape index (κ3) is 2.89. The molecule has 10 heavy (non-hydrogen) atoms. The smallest absolute Gasteiger partial charge is 0.0582 e. The highest BCUT2D eigenvalue weighted by Crippen LogP contribution is 2.18. The summed E-state index contributed by atoms with van der Waals surface area (Å²) < 4.78 is 5.15. The Bertz CT molecular complexity index is 75.3. The summed E-state index contributed by atoms with van der Waals surface area (Å²) in [5.41, 5.74) is 0. The maximum Gasteiger partial charge on any atom is 0.0582 e. The minimum atomic E-state index is 0.245. The normalized spacial score (nSPS) is 20.1. The maximum atomic E-state index is 6.01. The van der Waals surface area contributed by atoms with E-state index >= 15 is 0 Å². The van der Waals surface area contributed by atoms with Crippen molar-refractivity contribution < 1.29 is 4.74 Å². The average Bonchev–Trinajstić information content (AvgIpc) is 2.00. The van der Waals surface area contributed by atoms with Crippen molar-refractivity contribution in [2.24, 2.45) is 5.92 Å². The van der Waals surface area contributed by atoms with Crippen LogP contribution in [-0.4, -0.2) is 18.6 Å². The van der Waals surface area contributed by atoms with Crippen molar-refractivity contribution in [3.8, 4) is 0 Å². The Kier molecular flexibility index (Phi) is 5.10. The topological polar surface area (TPSA) is 9.23 Å². The molecule has 0 aromatic rings. The van der Waals surface area contributed by atoms with Crippen LogP contribution in [-0.2, 0) is 4.74 Å². The molecule has 0 saturated heterocycles. The first-order chi connectivity index (χ1) is 4.63. The number of ether oxygens (including phenoxy) is 1. The van der Waals surface area contributed by atoms with E-state index in [2.05, 4.69) is 20.8 Å². The van der Waals surface area contributed by atoms with Crippen LogP contribution in [0.5, 0.6) is 0 Å². The van der Waals surface area contributed by atoms with Gasteiger partial charge >= 0.3 is 0 Å². The fraction of sp³-hybridized carbons (Fsp3) is 1.00. The number of rotatable bonds is 4. The van der Waals surface area contributed by atoms with Crippen LogP contribution < -0.4 is 0 Å². The van der Waals surface area contributed by atoms with E-state index in [-0.39, 0.29) is 11.5 Å². The zero-order valence-corrected chi connectivity index (χ0v) is 7.98. The lowest BCUT2D eigenvalue weighted by Crippen LogP contribution is -2.24. The molecule has 0 fully saturated rings. The monoisotopic (exact) mass is 164 g/mol. The summed E-state index contributed by atoms with van der Waals surface area (Å²) in [6.07, 6.45) is 1.28. The van der Waals surface area contributed by atoms with Gasteiger partial charge in [0.1, 0.15) is 0 Å². The van der Waals surface area contributed by atoms with Crippen molar-refractivity contribution in [3.05, 3.63) is 0 Å². The third-order valence-electron chi connectivity index (χ3n) is 2.07. The summed E-state index contributed by atoms with van der Waals surface area (Å²) in [5.74, 6) is 0.441. The number of hydrogen-bond donors (Lipinski definition) is 0. The van der Waals surface area contributed by atoms with Gasteiger partial charge in [0.15, 0.2) is 0 Å². The lowest BCUT2D eigenvalue weighted by molar-refractivity contribution is 0.0716. The van der Waals surface area contributed by atoms with Crippen LogP contribution in [0.3, 0.4) is 0 Å². The highest BCUT2D eigenvalue weighted by atomic mass is 35.5. The maximum absolute atomic E-state index is 6.01. The Labute approximate surface area is 68.7 Å². The number of halogens is 1. The van der Waals surface area contributed by atoms with E-state index in [0.29, 0.717) is 5.92 Å². The molecule has 0 rings (SSSR count). The van der Waals surface area contributed by atoms with Gasteiger partial charge in [0.05, 0.1) is 6.10 Å². The molecular formula is C8H17ClO. The van der Waals surface area contributed by atoms with Crippen molar-refractivity contribution in [2.45, 2.75) is 38.7 Å². The molecule has 0 bridgehead atoms. The van der Waals surface area contributed by atoms with Gasteiger partial charge in [-0.15, -0.1) is 11.6 Å². The molecule has 2 heteroatoms. The second-order valence-corrected chi connectivity index (χ2v) is 3.28. The molecule has 0 N–H and O–H groups in total. The highest BCUT2D eigenvalue weighted by Gasteiger charge is 2.18.